The van der Waals surface area contributed by atoms with Crippen LogP contribution in [0.4, 0.5) is 10.5 Å². The van der Waals surface area contributed by atoms with Crippen molar-refractivity contribution in [1.82, 2.24) is 9.88 Å². The molecule has 0 unspecified atom stereocenters. The molecule has 0 atom stereocenters. The number of para-hydroxylation sites is 1. The fraction of sp³-hybridized carbons (Fsp3) is 0.294. The minimum atomic E-state index is -0.0913. The molecule has 1 aromatic carbocycles. The minimum Gasteiger partial charge on any atom is -0.471 e. The summed E-state index contributed by atoms with van der Waals surface area (Å²) in [4.78, 5) is 18.2. The Labute approximate surface area is 129 Å². The number of hydrogen-bond donors (Lipinski definition) is 1. The molecule has 1 aromatic heterocycles. The lowest BCUT2D eigenvalue weighted by atomic mass is 10.1. The Hall–Kier alpha value is -2.56. The number of likely N-dealkylation sites (tertiary alicyclic amines) is 1. The van der Waals surface area contributed by atoms with Crippen molar-refractivity contribution in [2.45, 2.75) is 20.0 Å². The number of amides is 2. The molecule has 3 rings (SSSR count). The first-order valence-corrected chi connectivity index (χ1v) is 7.34. The standard InChI is InChI=1S/C17H19N3O2/c1-12-6-3-4-8-15(12)19-17(21)20-10-14(11-20)22-16-9-5-7-13(2)18-16/h3-9,14H,10-11H2,1-2H3,(H,19,21). The number of benzene rings is 1. The van der Waals surface area contributed by atoms with Crippen LogP contribution < -0.4 is 10.1 Å². The molecule has 0 radical (unpaired) electrons. The Kier molecular flexibility index (Phi) is 3.96. The van der Waals surface area contributed by atoms with E-state index in [1.54, 1.807) is 4.90 Å². The van der Waals surface area contributed by atoms with E-state index < -0.39 is 0 Å². The maximum Gasteiger partial charge on any atom is 0.322 e. The Balaban J connectivity index is 1.51. The fourth-order valence-electron chi connectivity index (χ4n) is 2.34. The molecule has 1 fully saturated rings. The van der Waals surface area contributed by atoms with Crippen LogP contribution in [-0.2, 0) is 0 Å². The summed E-state index contributed by atoms with van der Waals surface area (Å²) in [5.74, 6) is 0.615. The van der Waals surface area contributed by atoms with Gasteiger partial charge in [0.05, 0.1) is 13.1 Å². The van der Waals surface area contributed by atoms with Gasteiger partial charge in [0.2, 0.25) is 5.88 Å². The number of nitrogens with zero attached hydrogens (tertiary/aromatic N) is 2. The number of rotatable bonds is 3. The number of ether oxygens (including phenoxy) is 1. The summed E-state index contributed by atoms with van der Waals surface area (Å²) in [6.45, 7) is 5.05. The molecule has 0 bridgehead atoms. The van der Waals surface area contributed by atoms with Crippen LogP contribution in [0.3, 0.4) is 0 Å². The second-order valence-corrected chi connectivity index (χ2v) is 5.51. The van der Waals surface area contributed by atoms with Crippen LogP contribution in [0.1, 0.15) is 11.3 Å². The van der Waals surface area contributed by atoms with E-state index in [4.69, 9.17) is 4.74 Å². The molecular weight excluding hydrogens is 278 g/mol. The van der Waals surface area contributed by atoms with E-state index in [1.165, 1.54) is 0 Å². The van der Waals surface area contributed by atoms with Gasteiger partial charge >= 0.3 is 6.03 Å². The van der Waals surface area contributed by atoms with E-state index in [9.17, 15) is 4.79 Å². The van der Waals surface area contributed by atoms with Gasteiger partial charge in [-0.15, -0.1) is 0 Å². The summed E-state index contributed by atoms with van der Waals surface area (Å²) in [6.07, 6.45) is 0.0110. The maximum atomic E-state index is 12.1. The Morgan fingerprint density at radius 1 is 1.18 bits per heavy atom. The summed E-state index contributed by atoms with van der Waals surface area (Å²) < 4.78 is 5.75. The summed E-state index contributed by atoms with van der Waals surface area (Å²) in [6, 6.07) is 13.3. The van der Waals surface area contributed by atoms with Gasteiger partial charge in [0.15, 0.2) is 0 Å². The number of anilines is 1. The average molecular weight is 297 g/mol. The molecule has 5 nitrogen and oxygen atoms in total. The molecule has 2 aromatic rings. The van der Waals surface area contributed by atoms with Crippen molar-refractivity contribution in [3.8, 4) is 5.88 Å². The molecule has 1 aliphatic rings. The Bertz CT molecular complexity index is 681. The molecule has 5 heteroatoms. The molecule has 2 heterocycles. The van der Waals surface area contributed by atoms with Crippen molar-refractivity contribution in [3.63, 3.8) is 0 Å². The van der Waals surface area contributed by atoms with E-state index >= 15 is 0 Å². The summed E-state index contributed by atoms with van der Waals surface area (Å²) in [7, 11) is 0. The summed E-state index contributed by atoms with van der Waals surface area (Å²) in [5.41, 5.74) is 2.82. The monoisotopic (exact) mass is 297 g/mol. The number of hydrogen-bond acceptors (Lipinski definition) is 3. The zero-order chi connectivity index (χ0) is 15.5. The van der Waals surface area contributed by atoms with Crippen LogP contribution in [0.15, 0.2) is 42.5 Å². The second-order valence-electron chi connectivity index (χ2n) is 5.51. The lowest BCUT2D eigenvalue weighted by Gasteiger charge is -2.38. The number of carbonyl (C=O) groups excluding carboxylic acids is 1. The topological polar surface area (TPSA) is 54.5 Å². The third-order valence-electron chi connectivity index (χ3n) is 3.67. The maximum absolute atomic E-state index is 12.1. The lowest BCUT2D eigenvalue weighted by molar-refractivity contribution is 0.0460. The average Bonchev–Trinajstić information content (AvgIpc) is 2.45. The molecule has 2 amide bonds. The molecule has 0 saturated carbocycles. The molecule has 0 aliphatic carbocycles. The van der Waals surface area contributed by atoms with Gasteiger partial charge in [-0.2, -0.15) is 0 Å². The molecular formula is C17H19N3O2. The smallest absolute Gasteiger partial charge is 0.322 e. The van der Waals surface area contributed by atoms with Gasteiger partial charge in [-0.1, -0.05) is 24.3 Å². The van der Waals surface area contributed by atoms with Crippen LogP contribution in [0.2, 0.25) is 0 Å². The molecule has 22 heavy (non-hydrogen) atoms. The van der Waals surface area contributed by atoms with Crippen LogP contribution in [0.5, 0.6) is 5.88 Å². The van der Waals surface area contributed by atoms with E-state index in [0.717, 1.165) is 16.9 Å². The van der Waals surface area contributed by atoms with Gasteiger partial charge in [0, 0.05) is 17.4 Å². The van der Waals surface area contributed by atoms with Gasteiger partial charge < -0.3 is 15.0 Å². The van der Waals surface area contributed by atoms with Gasteiger partial charge in [0.1, 0.15) is 6.10 Å². The van der Waals surface area contributed by atoms with E-state index in [2.05, 4.69) is 10.3 Å². The van der Waals surface area contributed by atoms with Gasteiger partial charge in [-0.25, -0.2) is 9.78 Å². The molecule has 114 valence electrons. The first kappa shape index (κ1) is 14.4. The van der Waals surface area contributed by atoms with Crippen molar-refractivity contribution in [2.24, 2.45) is 0 Å². The number of nitrogens with one attached hydrogen (secondary N) is 1. The summed E-state index contributed by atoms with van der Waals surface area (Å²) in [5, 5.41) is 2.92. The quantitative estimate of drug-likeness (QED) is 0.947. The Morgan fingerprint density at radius 2 is 1.95 bits per heavy atom. The summed E-state index contributed by atoms with van der Waals surface area (Å²) >= 11 is 0. The minimum absolute atomic E-state index is 0.0110. The van der Waals surface area contributed by atoms with Crippen LogP contribution in [-0.4, -0.2) is 35.1 Å². The van der Waals surface area contributed by atoms with Gasteiger partial charge in [0.25, 0.3) is 0 Å². The van der Waals surface area contributed by atoms with Gasteiger partial charge in [-0.05, 0) is 31.5 Å². The van der Waals surface area contributed by atoms with Gasteiger partial charge in [-0.3, -0.25) is 0 Å². The predicted octanol–water partition coefficient (Wildman–Crippen LogP) is 2.99. The molecule has 0 spiro atoms. The highest BCUT2D eigenvalue weighted by molar-refractivity contribution is 5.90. The third kappa shape index (κ3) is 3.19. The van der Waals surface area contributed by atoms with Crippen molar-refractivity contribution in [1.29, 1.82) is 0 Å². The number of aryl methyl sites for hydroxylation is 2. The molecule has 1 saturated heterocycles. The van der Waals surface area contributed by atoms with Crippen LogP contribution in [0.25, 0.3) is 0 Å². The van der Waals surface area contributed by atoms with Crippen LogP contribution in [0, 0.1) is 13.8 Å². The van der Waals surface area contributed by atoms with Crippen molar-refractivity contribution < 1.29 is 9.53 Å². The number of carbonyl (C=O) groups is 1. The van der Waals surface area contributed by atoms with E-state index in [-0.39, 0.29) is 12.1 Å². The predicted molar refractivity (Wildman–Crippen MR) is 85.2 cm³/mol. The second kappa shape index (κ2) is 6.05. The first-order valence-electron chi connectivity index (χ1n) is 7.34. The Morgan fingerprint density at radius 3 is 2.68 bits per heavy atom. The lowest BCUT2D eigenvalue weighted by Crippen LogP contribution is -2.57. The molecule has 1 N–H and O–H groups in total. The first-order chi connectivity index (χ1) is 10.6. The van der Waals surface area contributed by atoms with Crippen molar-refractivity contribution in [2.75, 3.05) is 18.4 Å². The van der Waals surface area contributed by atoms with Crippen molar-refractivity contribution in [3.05, 3.63) is 53.7 Å². The normalized spacial score (nSPS) is 14.4. The largest absolute Gasteiger partial charge is 0.471 e. The van der Waals surface area contributed by atoms with E-state index in [1.807, 2.05) is 56.3 Å². The molecule has 1 aliphatic heterocycles. The number of pyridine rings is 1. The highest BCUT2D eigenvalue weighted by Crippen LogP contribution is 2.19. The number of urea groups is 1. The van der Waals surface area contributed by atoms with Crippen LogP contribution >= 0.6 is 0 Å². The van der Waals surface area contributed by atoms with Crippen molar-refractivity contribution >= 4 is 11.7 Å². The fourth-order valence-corrected chi connectivity index (χ4v) is 2.34. The highest BCUT2D eigenvalue weighted by atomic mass is 16.5. The van der Waals surface area contributed by atoms with E-state index in [0.29, 0.717) is 19.0 Å². The SMILES string of the molecule is Cc1cccc(OC2CN(C(=O)Nc3ccccc3C)C2)n1. The number of aromatic nitrogens is 1. The highest BCUT2D eigenvalue weighted by Gasteiger charge is 2.32. The third-order valence-corrected chi connectivity index (χ3v) is 3.67. The zero-order valence-electron chi connectivity index (χ0n) is 12.7. The zero-order valence-corrected chi connectivity index (χ0v) is 12.7.